The van der Waals surface area contributed by atoms with E-state index in [4.69, 9.17) is 4.98 Å². The van der Waals surface area contributed by atoms with Gasteiger partial charge in [-0.05, 0) is 37.5 Å². The summed E-state index contributed by atoms with van der Waals surface area (Å²) in [5, 5.41) is 6.76. The molecule has 1 aliphatic carbocycles. The lowest BCUT2D eigenvalue weighted by atomic mass is 10.1. The van der Waals surface area contributed by atoms with Crippen LogP contribution in [-0.2, 0) is 6.54 Å². The van der Waals surface area contributed by atoms with Crippen LogP contribution >= 0.6 is 27.3 Å². The zero-order valence-corrected chi connectivity index (χ0v) is 12.6. The summed E-state index contributed by atoms with van der Waals surface area (Å²) in [5.41, 5.74) is 3.61. The third kappa shape index (κ3) is 2.82. The molecular weight excluding hydrogens is 308 g/mol. The van der Waals surface area contributed by atoms with Crippen LogP contribution in [0.3, 0.4) is 0 Å². The van der Waals surface area contributed by atoms with Gasteiger partial charge in [0.1, 0.15) is 5.01 Å². The molecule has 1 saturated carbocycles. The fraction of sp³-hybridized carbons (Fsp3) is 0.357. The molecule has 1 aliphatic rings. The Balaban J connectivity index is 1.76. The topological polar surface area (TPSA) is 24.9 Å². The Morgan fingerprint density at radius 3 is 3.00 bits per heavy atom. The van der Waals surface area contributed by atoms with Crippen molar-refractivity contribution in [3.8, 4) is 10.6 Å². The molecule has 1 aromatic carbocycles. The maximum Gasteiger partial charge on any atom is 0.123 e. The van der Waals surface area contributed by atoms with Crippen molar-refractivity contribution in [2.45, 2.75) is 32.4 Å². The molecule has 0 bridgehead atoms. The molecule has 1 heterocycles. The van der Waals surface area contributed by atoms with E-state index >= 15 is 0 Å². The van der Waals surface area contributed by atoms with Gasteiger partial charge in [-0.1, -0.05) is 22.0 Å². The lowest BCUT2D eigenvalue weighted by molar-refractivity contribution is 0.678. The van der Waals surface area contributed by atoms with E-state index in [1.807, 2.05) is 0 Å². The maximum atomic E-state index is 4.69. The molecule has 4 heteroatoms. The number of benzene rings is 1. The SMILES string of the molecule is Cc1cc(-c2nc(CNC3CC3)cs2)ccc1Br. The smallest absolute Gasteiger partial charge is 0.123 e. The van der Waals surface area contributed by atoms with E-state index in [1.165, 1.54) is 24.0 Å². The zero-order chi connectivity index (χ0) is 12.5. The number of aromatic nitrogens is 1. The fourth-order valence-electron chi connectivity index (χ4n) is 1.83. The zero-order valence-electron chi connectivity index (χ0n) is 10.2. The highest BCUT2D eigenvalue weighted by Crippen LogP contribution is 2.28. The molecule has 1 N–H and O–H groups in total. The third-order valence-corrected chi connectivity index (χ3v) is 4.94. The normalized spacial score (nSPS) is 15.0. The summed E-state index contributed by atoms with van der Waals surface area (Å²) in [4.78, 5) is 4.69. The van der Waals surface area contributed by atoms with E-state index in [0.29, 0.717) is 0 Å². The van der Waals surface area contributed by atoms with Crippen molar-refractivity contribution in [2.75, 3.05) is 0 Å². The minimum Gasteiger partial charge on any atom is -0.308 e. The van der Waals surface area contributed by atoms with E-state index in [2.05, 4.69) is 51.7 Å². The van der Waals surface area contributed by atoms with Crippen molar-refractivity contribution in [1.82, 2.24) is 10.3 Å². The van der Waals surface area contributed by atoms with Gasteiger partial charge in [0, 0.05) is 28.0 Å². The first kappa shape index (κ1) is 12.3. The number of thiazole rings is 1. The fourth-order valence-corrected chi connectivity index (χ4v) is 2.90. The van der Waals surface area contributed by atoms with Crippen LogP contribution in [0.2, 0.25) is 0 Å². The summed E-state index contributed by atoms with van der Waals surface area (Å²) in [6, 6.07) is 7.13. The Hall–Kier alpha value is -0.710. The van der Waals surface area contributed by atoms with Crippen molar-refractivity contribution in [3.05, 3.63) is 39.3 Å². The first-order valence-corrected chi connectivity index (χ1v) is 7.84. The predicted molar refractivity (Wildman–Crippen MR) is 79.8 cm³/mol. The highest BCUT2D eigenvalue weighted by Gasteiger charge is 2.20. The third-order valence-electron chi connectivity index (χ3n) is 3.11. The molecular formula is C14H15BrN2S. The minimum atomic E-state index is 0.741. The summed E-state index contributed by atoms with van der Waals surface area (Å²) in [6.45, 7) is 3.01. The summed E-state index contributed by atoms with van der Waals surface area (Å²) in [5.74, 6) is 0. The first-order valence-electron chi connectivity index (χ1n) is 6.17. The second kappa shape index (κ2) is 5.11. The summed E-state index contributed by atoms with van der Waals surface area (Å²) in [6.07, 6.45) is 2.64. The van der Waals surface area contributed by atoms with Gasteiger partial charge in [-0.15, -0.1) is 11.3 Å². The molecule has 1 fully saturated rings. The monoisotopic (exact) mass is 322 g/mol. The van der Waals surface area contributed by atoms with Crippen molar-refractivity contribution in [1.29, 1.82) is 0 Å². The van der Waals surface area contributed by atoms with Crippen molar-refractivity contribution < 1.29 is 0 Å². The molecule has 2 aromatic rings. The van der Waals surface area contributed by atoms with Crippen molar-refractivity contribution in [2.24, 2.45) is 0 Å². The lowest BCUT2D eigenvalue weighted by Crippen LogP contribution is -2.15. The standard InChI is InChI=1S/C14H15BrN2S/c1-9-6-10(2-5-13(9)15)14-17-12(8-18-14)7-16-11-3-4-11/h2,5-6,8,11,16H,3-4,7H2,1H3. The minimum absolute atomic E-state index is 0.741. The van der Waals surface area contributed by atoms with E-state index in [1.54, 1.807) is 11.3 Å². The molecule has 2 nitrogen and oxygen atoms in total. The molecule has 94 valence electrons. The van der Waals surface area contributed by atoms with Crippen LogP contribution in [-0.4, -0.2) is 11.0 Å². The predicted octanol–water partition coefficient (Wildman–Crippen LogP) is 4.13. The van der Waals surface area contributed by atoms with E-state index < -0.39 is 0 Å². The average Bonchev–Trinajstić information content (AvgIpc) is 3.08. The Kier molecular flexibility index (Phi) is 3.50. The molecule has 0 atom stereocenters. The molecule has 18 heavy (non-hydrogen) atoms. The molecule has 0 radical (unpaired) electrons. The molecule has 0 amide bonds. The Bertz CT molecular complexity index is 561. The van der Waals surface area contributed by atoms with Gasteiger partial charge in [-0.3, -0.25) is 0 Å². The average molecular weight is 323 g/mol. The van der Waals surface area contributed by atoms with Crippen LogP contribution in [0, 0.1) is 6.92 Å². The number of nitrogens with zero attached hydrogens (tertiary/aromatic N) is 1. The van der Waals surface area contributed by atoms with Crippen molar-refractivity contribution in [3.63, 3.8) is 0 Å². The quantitative estimate of drug-likeness (QED) is 0.915. The molecule has 0 saturated heterocycles. The molecule has 3 rings (SSSR count). The lowest BCUT2D eigenvalue weighted by Gasteiger charge is -2.01. The van der Waals surface area contributed by atoms with Gasteiger partial charge in [-0.25, -0.2) is 4.98 Å². The van der Waals surface area contributed by atoms with Crippen LogP contribution in [0.5, 0.6) is 0 Å². The van der Waals surface area contributed by atoms with Gasteiger partial charge in [0.25, 0.3) is 0 Å². The summed E-state index contributed by atoms with van der Waals surface area (Å²) < 4.78 is 1.15. The Morgan fingerprint density at radius 1 is 1.44 bits per heavy atom. The largest absolute Gasteiger partial charge is 0.308 e. The van der Waals surface area contributed by atoms with Crippen molar-refractivity contribution >= 4 is 27.3 Å². The second-order valence-corrected chi connectivity index (χ2v) is 6.48. The molecule has 1 aromatic heterocycles. The van der Waals surface area contributed by atoms with E-state index in [-0.39, 0.29) is 0 Å². The number of hydrogen-bond donors (Lipinski definition) is 1. The van der Waals surface area contributed by atoms with Crippen LogP contribution in [0.25, 0.3) is 10.6 Å². The van der Waals surface area contributed by atoms with Crippen LogP contribution in [0.1, 0.15) is 24.1 Å². The Labute approximate surface area is 120 Å². The number of nitrogens with one attached hydrogen (secondary N) is 1. The maximum absolute atomic E-state index is 4.69. The molecule has 0 aliphatic heterocycles. The van der Waals surface area contributed by atoms with Gasteiger partial charge in [0.15, 0.2) is 0 Å². The van der Waals surface area contributed by atoms with E-state index in [0.717, 1.165) is 27.8 Å². The summed E-state index contributed by atoms with van der Waals surface area (Å²) in [7, 11) is 0. The van der Waals surface area contributed by atoms with Crippen LogP contribution in [0.15, 0.2) is 28.1 Å². The molecule has 0 spiro atoms. The number of halogens is 1. The second-order valence-electron chi connectivity index (χ2n) is 4.76. The van der Waals surface area contributed by atoms with Gasteiger partial charge in [0.05, 0.1) is 5.69 Å². The Morgan fingerprint density at radius 2 is 2.28 bits per heavy atom. The van der Waals surface area contributed by atoms with Gasteiger partial charge in [-0.2, -0.15) is 0 Å². The number of hydrogen-bond acceptors (Lipinski definition) is 3. The molecule has 0 unspecified atom stereocenters. The van der Waals surface area contributed by atoms with Gasteiger partial charge < -0.3 is 5.32 Å². The number of aryl methyl sites for hydroxylation is 1. The van der Waals surface area contributed by atoms with Gasteiger partial charge in [0.2, 0.25) is 0 Å². The highest BCUT2D eigenvalue weighted by molar-refractivity contribution is 9.10. The van der Waals surface area contributed by atoms with E-state index in [9.17, 15) is 0 Å². The van der Waals surface area contributed by atoms with Crippen LogP contribution in [0.4, 0.5) is 0 Å². The van der Waals surface area contributed by atoms with Crippen LogP contribution < -0.4 is 5.32 Å². The number of rotatable bonds is 4. The summed E-state index contributed by atoms with van der Waals surface area (Å²) >= 11 is 5.25. The van der Waals surface area contributed by atoms with Gasteiger partial charge >= 0.3 is 0 Å². The first-order chi connectivity index (χ1) is 8.72. The highest BCUT2D eigenvalue weighted by atomic mass is 79.9.